The highest BCUT2D eigenvalue weighted by atomic mass is 16.2. The molecular weight excluding hydrogens is 220 g/mol. The fourth-order valence-electron chi connectivity index (χ4n) is 1.79. The van der Waals surface area contributed by atoms with Gasteiger partial charge < -0.3 is 15.2 Å². The highest BCUT2D eigenvalue weighted by Gasteiger charge is 2.29. The molecule has 1 saturated heterocycles. The van der Waals surface area contributed by atoms with E-state index in [-0.39, 0.29) is 17.5 Å². The fourth-order valence-corrected chi connectivity index (χ4v) is 1.79. The third-order valence-corrected chi connectivity index (χ3v) is 2.82. The van der Waals surface area contributed by atoms with Gasteiger partial charge in [-0.2, -0.15) is 0 Å². The highest BCUT2D eigenvalue weighted by Crippen LogP contribution is 2.09. The Bertz CT molecular complexity index is 433. The lowest BCUT2D eigenvalue weighted by atomic mass is 10.1. The predicted molar refractivity (Wildman–Crippen MR) is 62.8 cm³/mol. The average Bonchev–Trinajstić information content (AvgIpc) is 2.26. The molecule has 1 aromatic rings. The quantitative estimate of drug-likeness (QED) is 0.745. The van der Waals surface area contributed by atoms with Crippen molar-refractivity contribution < 1.29 is 4.79 Å². The van der Waals surface area contributed by atoms with Crippen LogP contribution in [0.2, 0.25) is 0 Å². The normalized spacial score (nSPS) is 15.4. The van der Waals surface area contributed by atoms with E-state index < -0.39 is 0 Å². The Morgan fingerprint density at radius 3 is 2.82 bits per heavy atom. The Kier molecular flexibility index (Phi) is 3.53. The zero-order valence-electron chi connectivity index (χ0n) is 9.77. The standard InChI is InChI=1S/C11H16N4O2/c1-2-3-15(8-4-12-5-8)11(17)9-6-14-10(16)7-13-9/h6-8,12H,2-5H2,1H3,(H,14,16). The molecular formula is C11H16N4O2. The maximum Gasteiger partial charge on any atom is 0.274 e. The first-order chi connectivity index (χ1) is 8.22. The van der Waals surface area contributed by atoms with Crippen molar-refractivity contribution in [2.75, 3.05) is 19.6 Å². The Hall–Kier alpha value is -1.69. The van der Waals surface area contributed by atoms with Gasteiger partial charge in [0.25, 0.3) is 11.5 Å². The number of aromatic nitrogens is 2. The first kappa shape index (κ1) is 11.8. The van der Waals surface area contributed by atoms with Gasteiger partial charge in [0, 0.05) is 25.8 Å². The van der Waals surface area contributed by atoms with E-state index in [0.717, 1.165) is 25.7 Å². The second-order valence-electron chi connectivity index (χ2n) is 4.11. The van der Waals surface area contributed by atoms with E-state index in [9.17, 15) is 9.59 Å². The number of hydrogen-bond donors (Lipinski definition) is 2. The third kappa shape index (κ3) is 2.52. The molecule has 0 radical (unpaired) electrons. The molecule has 0 aliphatic carbocycles. The average molecular weight is 236 g/mol. The highest BCUT2D eigenvalue weighted by molar-refractivity contribution is 5.92. The van der Waals surface area contributed by atoms with Crippen molar-refractivity contribution >= 4 is 5.91 Å². The van der Waals surface area contributed by atoms with Crippen molar-refractivity contribution in [3.63, 3.8) is 0 Å². The van der Waals surface area contributed by atoms with E-state index in [0.29, 0.717) is 12.2 Å². The van der Waals surface area contributed by atoms with Crippen LogP contribution < -0.4 is 10.9 Å². The number of hydrogen-bond acceptors (Lipinski definition) is 4. The van der Waals surface area contributed by atoms with E-state index >= 15 is 0 Å². The van der Waals surface area contributed by atoms with Crippen molar-refractivity contribution in [3.05, 3.63) is 28.4 Å². The van der Waals surface area contributed by atoms with Crippen LogP contribution in [0.5, 0.6) is 0 Å². The Morgan fingerprint density at radius 2 is 2.35 bits per heavy atom. The number of carbonyl (C=O) groups excluding carboxylic acids is 1. The summed E-state index contributed by atoms with van der Waals surface area (Å²) in [6.07, 6.45) is 3.42. The van der Waals surface area contributed by atoms with Crippen LogP contribution in [0.15, 0.2) is 17.2 Å². The second kappa shape index (κ2) is 5.09. The molecule has 92 valence electrons. The van der Waals surface area contributed by atoms with Crippen LogP contribution in [0.1, 0.15) is 23.8 Å². The van der Waals surface area contributed by atoms with Crippen molar-refractivity contribution in [1.82, 2.24) is 20.2 Å². The number of carbonyl (C=O) groups is 1. The monoisotopic (exact) mass is 236 g/mol. The van der Waals surface area contributed by atoms with Crippen LogP contribution in [-0.4, -0.2) is 46.5 Å². The van der Waals surface area contributed by atoms with E-state index in [1.54, 1.807) is 0 Å². The van der Waals surface area contributed by atoms with Gasteiger partial charge in [-0.1, -0.05) is 6.92 Å². The van der Waals surface area contributed by atoms with Crippen molar-refractivity contribution in [2.45, 2.75) is 19.4 Å². The van der Waals surface area contributed by atoms with Gasteiger partial charge >= 0.3 is 0 Å². The summed E-state index contributed by atoms with van der Waals surface area (Å²) in [6.45, 7) is 4.41. The van der Waals surface area contributed by atoms with E-state index in [1.165, 1.54) is 6.20 Å². The van der Waals surface area contributed by atoms with E-state index in [1.807, 2.05) is 11.8 Å². The zero-order valence-corrected chi connectivity index (χ0v) is 9.77. The van der Waals surface area contributed by atoms with Crippen molar-refractivity contribution in [2.24, 2.45) is 0 Å². The second-order valence-corrected chi connectivity index (χ2v) is 4.11. The molecule has 0 aromatic carbocycles. The number of nitrogens with one attached hydrogen (secondary N) is 2. The largest absolute Gasteiger partial charge is 0.332 e. The first-order valence-electron chi connectivity index (χ1n) is 5.78. The molecule has 1 amide bonds. The van der Waals surface area contributed by atoms with Gasteiger partial charge in [-0.25, -0.2) is 4.98 Å². The molecule has 6 nitrogen and oxygen atoms in total. The van der Waals surface area contributed by atoms with Gasteiger partial charge in [-0.15, -0.1) is 0 Å². The molecule has 2 rings (SSSR count). The molecule has 0 atom stereocenters. The summed E-state index contributed by atoms with van der Waals surface area (Å²) in [5, 5.41) is 3.14. The number of amides is 1. The van der Waals surface area contributed by atoms with Gasteiger partial charge in [0.2, 0.25) is 0 Å². The zero-order chi connectivity index (χ0) is 12.3. The summed E-state index contributed by atoms with van der Waals surface area (Å²) in [7, 11) is 0. The minimum Gasteiger partial charge on any atom is -0.332 e. The Morgan fingerprint density at radius 1 is 1.59 bits per heavy atom. The first-order valence-corrected chi connectivity index (χ1v) is 5.78. The van der Waals surface area contributed by atoms with Gasteiger partial charge in [-0.05, 0) is 6.42 Å². The van der Waals surface area contributed by atoms with Crippen LogP contribution in [-0.2, 0) is 0 Å². The summed E-state index contributed by atoms with van der Waals surface area (Å²) in [5.41, 5.74) is -0.00106. The topological polar surface area (TPSA) is 78.1 Å². The summed E-state index contributed by atoms with van der Waals surface area (Å²) in [5.74, 6) is -0.116. The molecule has 17 heavy (non-hydrogen) atoms. The summed E-state index contributed by atoms with van der Waals surface area (Å²) in [4.78, 5) is 31.2. The molecule has 1 aromatic heterocycles. The summed E-state index contributed by atoms with van der Waals surface area (Å²) in [6, 6.07) is 0.246. The minimum absolute atomic E-state index is 0.116. The fraction of sp³-hybridized carbons (Fsp3) is 0.545. The molecule has 0 bridgehead atoms. The molecule has 1 fully saturated rings. The molecule has 0 saturated carbocycles. The number of nitrogens with zero attached hydrogens (tertiary/aromatic N) is 2. The lowest BCUT2D eigenvalue weighted by Gasteiger charge is -2.37. The summed E-state index contributed by atoms with van der Waals surface area (Å²) >= 11 is 0. The van der Waals surface area contributed by atoms with E-state index in [2.05, 4.69) is 15.3 Å². The number of H-pyrrole nitrogens is 1. The molecule has 0 spiro atoms. The molecule has 2 N–H and O–H groups in total. The van der Waals surface area contributed by atoms with Gasteiger partial charge in [0.05, 0.1) is 12.2 Å². The van der Waals surface area contributed by atoms with Crippen LogP contribution in [0.25, 0.3) is 0 Å². The van der Waals surface area contributed by atoms with Crippen molar-refractivity contribution in [3.8, 4) is 0 Å². The maximum absolute atomic E-state index is 12.2. The molecule has 6 heteroatoms. The molecule has 1 aliphatic heterocycles. The minimum atomic E-state index is -0.297. The molecule has 2 heterocycles. The van der Waals surface area contributed by atoms with Gasteiger partial charge in [0.15, 0.2) is 0 Å². The van der Waals surface area contributed by atoms with Crippen molar-refractivity contribution in [1.29, 1.82) is 0 Å². The van der Waals surface area contributed by atoms with E-state index in [4.69, 9.17) is 0 Å². The SMILES string of the molecule is CCCN(C(=O)c1c[nH]c(=O)cn1)C1CNC1. The molecule has 1 aliphatic rings. The van der Waals surface area contributed by atoms with Gasteiger partial charge in [-0.3, -0.25) is 9.59 Å². The lowest BCUT2D eigenvalue weighted by Crippen LogP contribution is -2.59. The Labute approximate surface area is 99.1 Å². The molecule has 0 unspecified atom stereocenters. The number of aromatic amines is 1. The van der Waals surface area contributed by atoms with Crippen LogP contribution >= 0.6 is 0 Å². The number of rotatable bonds is 4. The predicted octanol–water partition coefficient (Wildman–Crippen LogP) is -0.406. The van der Waals surface area contributed by atoms with Crippen LogP contribution in [0, 0.1) is 0 Å². The van der Waals surface area contributed by atoms with Gasteiger partial charge in [0.1, 0.15) is 5.69 Å². The summed E-state index contributed by atoms with van der Waals surface area (Å²) < 4.78 is 0. The van der Waals surface area contributed by atoms with Crippen LogP contribution in [0.4, 0.5) is 0 Å². The smallest absolute Gasteiger partial charge is 0.274 e. The maximum atomic E-state index is 12.2. The lowest BCUT2D eigenvalue weighted by molar-refractivity contribution is 0.0609. The van der Waals surface area contributed by atoms with Crippen LogP contribution in [0.3, 0.4) is 0 Å². The Balaban J connectivity index is 2.14. The third-order valence-electron chi connectivity index (χ3n) is 2.82.